The number of carbonyl (C=O) groups excluding carboxylic acids is 1. The highest BCUT2D eigenvalue weighted by Crippen LogP contribution is 2.27. The molecule has 1 N–H and O–H groups in total. The number of hydrogen-bond acceptors (Lipinski definition) is 5. The molecule has 0 radical (unpaired) electrons. The fourth-order valence-corrected chi connectivity index (χ4v) is 3.42. The van der Waals surface area contributed by atoms with Crippen LogP contribution in [0.1, 0.15) is 23.9 Å². The summed E-state index contributed by atoms with van der Waals surface area (Å²) in [6, 6.07) is 17.1. The number of nitrogens with zero attached hydrogens (tertiary/aromatic N) is 3. The Morgan fingerprint density at radius 1 is 1.22 bits per heavy atom. The van der Waals surface area contributed by atoms with Gasteiger partial charge in [-0.05, 0) is 56.7 Å². The van der Waals surface area contributed by atoms with E-state index in [1.165, 1.54) is 18.2 Å². The van der Waals surface area contributed by atoms with Crippen LogP contribution in [0.4, 0.5) is 11.4 Å². The fraction of sp³-hybridized carbons (Fsp3) is 0.167. The lowest BCUT2D eigenvalue weighted by Gasteiger charge is -2.11. The van der Waals surface area contributed by atoms with Gasteiger partial charge in [-0.3, -0.25) is 14.9 Å². The summed E-state index contributed by atoms with van der Waals surface area (Å²) in [7, 11) is 0. The number of aromatic nitrogens is 1. The third kappa shape index (κ3) is 4.68. The van der Waals surface area contributed by atoms with Crippen molar-refractivity contribution in [3.05, 3.63) is 87.2 Å². The molecule has 3 rings (SSSR count). The van der Waals surface area contributed by atoms with Crippen molar-refractivity contribution in [2.75, 3.05) is 11.9 Å². The van der Waals surface area contributed by atoms with Crippen molar-refractivity contribution in [1.82, 2.24) is 4.57 Å². The molecular weight excluding hydrogens is 408 g/mol. The highest BCUT2D eigenvalue weighted by Gasteiger charge is 2.16. The molecule has 2 aromatic carbocycles. The first-order chi connectivity index (χ1) is 15.3. The number of non-ortho nitro benzene ring substituents is 1. The SMILES string of the molecule is CCOc1ccccc1NC(=O)/C(C#N)=C/c1cc(C)n(-c2cccc([N+](=O)[O-])c2)c1C. The first kappa shape index (κ1) is 22.3. The Hall–Kier alpha value is -4.38. The van der Waals surface area contributed by atoms with Crippen molar-refractivity contribution in [3.63, 3.8) is 0 Å². The molecule has 1 heterocycles. The maximum absolute atomic E-state index is 12.8. The summed E-state index contributed by atoms with van der Waals surface area (Å²) in [5.74, 6) is -0.0377. The highest BCUT2D eigenvalue weighted by molar-refractivity contribution is 6.10. The molecule has 0 saturated heterocycles. The van der Waals surface area contributed by atoms with E-state index in [9.17, 15) is 20.2 Å². The van der Waals surface area contributed by atoms with Crippen LogP contribution >= 0.6 is 0 Å². The number of anilines is 1. The quantitative estimate of drug-likeness (QED) is 0.247. The number of hydrogen-bond donors (Lipinski definition) is 1. The highest BCUT2D eigenvalue weighted by atomic mass is 16.6. The summed E-state index contributed by atoms with van der Waals surface area (Å²) in [5, 5.41) is 23.5. The second-order valence-electron chi connectivity index (χ2n) is 6.99. The van der Waals surface area contributed by atoms with Crippen molar-refractivity contribution in [2.45, 2.75) is 20.8 Å². The minimum Gasteiger partial charge on any atom is -0.492 e. The number of nitro groups is 1. The zero-order chi connectivity index (χ0) is 23.3. The van der Waals surface area contributed by atoms with E-state index in [0.29, 0.717) is 29.3 Å². The summed E-state index contributed by atoms with van der Waals surface area (Å²) in [6.07, 6.45) is 1.51. The Morgan fingerprint density at radius 2 is 1.97 bits per heavy atom. The second-order valence-corrected chi connectivity index (χ2v) is 6.99. The van der Waals surface area contributed by atoms with E-state index in [4.69, 9.17) is 4.74 Å². The molecule has 8 nitrogen and oxygen atoms in total. The van der Waals surface area contributed by atoms with Gasteiger partial charge < -0.3 is 14.6 Å². The van der Waals surface area contributed by atoms with Crippen molar-refractivity contribution >= 4 is 23.4 Å². The van der Waals surface area contributed by atoms with E-state index in [-0.39, 0.29) is 11.3 Å². The van der Waals surface area contributed by atoms with Gasteiger partial charge in [0.15, 0.2) is 0 Å². The Balaban J connectivity index is 1.94. The molecule has 162 valence electrons. The molecule has 0 aliphatic heterocycles. The number of nitrogens with one attached hydrogen (secondary N) is 1. The van der Waals surface area contributed by atoms with Crippen LogP contribution in [0.15, 0.2) is 60.2 Å². The van der Waals surface area contributed by atoms with Crippen molar-refractivity contribution < 1.29 is 14.5 Å². The molecule has 0 aliphatic rings. The topological polar surface area (TPSA) is 110 Å². The third-order valence-electron chi connectivity index (χ3n) is 4.87. The van der Waals surface area contributed by atoms with Gasteiger partial charge in [0.05, 0.1) is 22.9 Å². The number of amides is 1. The summed E-state index contributed by atoms with van der Waals surface area (Å²) >= 11 is 0. The van der Waals surface area contributed by atoms with E-state index in [1.54, 1.807) is 36.4 Å². The van der Waals surface area contributed by atoms with E-state index in [1.807, 2.05) is 37.5 Å². The lowest BCUT2D eigenvalue weighted by molar-refractivity contribution is -0.384. The number of nitriles is 1. The number of benzene rings is 2. The minimum atomic E-state index is -0.556. The normalized spacial score (nSPS) is 11.0. The monoisotopic (exact) mass is 430 g/mol. The second kappa shape index (κ2) is 9.62. The average Bonchev–Trinajstić information content (AvgIpc) is 3.06. The standard InChI is InChI=1S/C24H22N4O4/c1-4-32-23-11-6-5-10-22(23)26-24(29)19(15-25)13-18-12-16(2)27(17(18)3)20-8-7-9-21(14-20)28(30)31/h5-14H,4H2,1-3H3,(H,26,29)/b19-13+. The van der Waals surface area contributed by atoms with Crippen LogP contribution in [-0.4, -0.2) is 22.0 Å². The number of rotatable bonds is 7. The number of nitro benzene ring substituents is 1. The minimum absolute atomic E-state index is 0.0165. The van der Waals surface area contributed by atoms with Gasteiger partial charge in [-0.1, -0.05) is 18.2 Å². The van der Waals surface area contributed by atoms with E-state index in [0.717, 1.165) is 11.4 Å². The molecule has 0 saturated carbocycles. The van der Waals surface area contributed by atoms with Crippen molar-refractivity contribution in [2.24, 2.45) is 0 Å². The van der Waals surface area contributed by atoms with Crippen LogP contribution < -0.4 is 10.1 Å². The summed E-state index contributed by atoms with van der Waals surface area (Å²) in [4.78, 5) is 23.4. The zero-order valence-electron chi connectivity index (χ0n) is 18.0. The van der Waals surface area contributed by atoms with Gasteiger partial charge in [-0.25, -0.2) is 0 Å². The molecule has 8 heteroatoms. The Labute approximate surface area is 185 Å². The van der Waals surface area contributed by atoms with Crippen molar-refractivity contribution in [1.29, 1.82) is 5.26 Å². The van der Waals surface area contributed by atoms with Crippen LogP contribution in [0.3, 0.4) is 0 Å². The Morgan fingerprint density at radius 3 is 2.66 bits per heavy atom. The largest absolute Gasteiger partial charge is 0.492 e. The van der Waals surface area contributed by atoms with E-state index in [2.05, 4.69) is 5.32 Å². The van der Waals surface area contributed by atoms with Crippen LogP contribution in [0.25, 0.3) is 11.8 Å². The molecule has 32 heavy (non-hydrogen) atoms. The van der Waals surface area contributed by atoms with E-state index >= 15 is 0 Å². The summed E-state index contributed by atoms with van der Waals surface area (Å²) in [5.41, 5.74) is 3.24. The summed E-state index contributed by atoms with van der Waals surface area (Å²) in [6.45, 7) is 5.97. The molecule has 0 unspecified atom stereocenters. The predicted molar refractivity (Wildman–Crippen MR) is 122 cm³/mol. The Bertz CT molecular complexity index is 1250. The number of aryl methyl sites for hydroxylation is 1. The predicted octanol–water partition coefficient (Wildman–Crippen LogP) is 4.95. The van der Waals surface area contributed by atoms with Crippen LogP contribution in [0.5, 0.6) is 5.75 Å². The number of ether oxygens (including phenoxy) is 1. The fourth-order valence-electron chi connectivity index (χ4n) is 3.42. The molecule has 0 fully saturated rings. The van der Waals surface area contributed by atoms with Crippen LogP contribution in [0, 0.1) is 35.3 Å². The lowest BCUT2D eigenvalue weighted by atomic mass is 10.1. The molecule has 0 bridgehead atoms. The first-order valence-electron chi connectivity index (χ1n) is 9.94. The smallest absolute Gasteiger partial charge is 0.271 e. The maximum Gasteiger partial charge on any atom is 0.271 e. The number of carbonyl (C=O) groups is 1. The molecule has 1 amide bonds. The molecule has 1 aromatic heterocycles. The van der Waals surface area contributed by atoms with Crippen molar-refractivity contribution in [3.8, 4) is 17.5 Å². The maximum atomic E-state index is 12.8. The molecule has 0 spiro atoms. The van der Waals surface area contributed by atoms with Crippen LogP contribution in [-0.2, 0) is 4.79 Å². The third-order valence-corrected chi connectivity index (χ3v) is 4.87. The first-order valence-corrected chi connectivity index (χ1v) is 9.94. The van der Waals surface area contributed by atoms with Gasteiger partial charge in [-0.2, -0.15) is 5.26 Å². The van der Waals surface area contributed by atoms with E-state index < -0.39 is 10.8 Å². The molecule has 3 aromatic rings. The van der Waals surface area contributed by atoms with Gasteiger partial charge in [0, 0.05) is 23.5 Å². The summed E-state index contributed by atoms with van der Waals surface area (Å²) < 4.78 is 7.36. The molecule has 0 atom stereocenters. The van der Waals surface area contributed by atoms with Gasteiger partial charge in [0.1, 0.15) is 17.4 Å². The van der Waals surface area contributed by atoms with Crippen LogP contribution in [0.2, 0.25) is 0 Å². The lowest BCUT2D eigenvalue weighted by Crippen LogP contribution is -2.14. The van der Waals surface area contributed by atoms with Gasteiger partial charge >= 0.3 is 0 Å². The molecular formula is C24H22N4O4. The Kier molecular flexibility index (Phi) is 6.71. The van der Waals surface area contributed by atoms with Gasteiger partial charge in [0.25, 0.3) is 11.6 Å². The molecule has 0 aliphatic carbocycles. The number of para-hydroxylation sites is 2. The van der Waals surface area contributed by atoms with Gasteiger partial charge in [-0.15, -0.1) is 0 Å². The van der Waals surface area contributed by atoms with Gasteiger partial charge in [0.2, 0.25) is 0 Å². The average molecular weight is 430 g/mol. The zero-order valence-corrected chi connectivity index (χ0v) is 18.0.